The number of esters is 1. The first kappa shape index (κ1) is 18.0. The van der Waals surface area contributed by atoms with Crippen molar-refractivity contribution >= 4 is 22.8 Å². The van der Waals surface area contributed by atoms with Gasteiger partial charge in [-0.05, 0) is 62.5 Å². The van der Waals surface area contributed by atoms with E-state index in [1.807, 2.05) is 31.2 Å². The molecule has 2 atom stereocenters. The molecule has 1 amide bonds. The maximum atomic E-state index is 12.9. The minimum absolute atomic E-state index is 0.145. The first-order chi connectivity index (χ1) is 13.0. The van der Waals surface area contributed by atoms with Crippen molar-refractivity contribution in [3.63, 3.8) is 0 Å². The molecule has 0 unspecified atom stereocenters. The highest BCUT2D eigenvalue weighted by atomic mass is 16.5. The van der Waals surface area contributed by atoms with Crippen molar-refractivity contribution in [2.75, 3.05) is 6.61 Å². The minimum Gasteiger partial charge on any atom is -0.452 e. The van der Waals surface area contributed by atoms with Crippen LogP contribution in [0.3, 0.4) is 0 Å². The summed E-state index contributed by atoms with van der Waals surface area (Å²) in [5, 5.41) is 3.73. The molecule has 1 saturated carbocycles. The third-order valence-electron chi connectivity index (χ3n) is 5.76. The molecule has 1 N–H and O–H groups in total. The van der Waals surface area contributed by atoms with Crippen LogP contribution in [0.2, 0.25) is 0 Å². The van der Waals surface area contributed by atoms with E-state index in [9.17, 15) is 9.59 Å². The largest absolute Gasteiger partial charge is 0.452 e. The molecule has 0 aliphatic heterocycles. The molecule has 2 aliphatic carbocycles. The Morgan fingerprint density at radius 1 is 1.26 bits per heavy atom. The van der Waals surface area contributed by atoms with E-state index in [-0.39, 0.29) is 18.6 Å². The van der Waals surface area contributed by atoms with E-state index in [4.69, 9.17) is 9.72 Å². The van der Waals surface area contributed by atoms with Gasteiger partial charge < -0.3 is 10.1 Å². The number of amides is 1. The fraction of sp³-hybridized carbons (Fsp3) is 0.500. The molecule has 1 fully saturated rings. The summed E-state index contributed by atoms with van der Waals surface area (Å²) in [5.74, 6) is 0.425. The monoisotopic (exact) mass is 366 g/mol. The number of carbonyl (C=O) groups is 2. The number of aromatic nitrogens is 1. The van der Waals surface area contributed by atoms with Crippen molar-refractivity contribution in [3.8, 4) is 0 Å². The van der Waals surface area contributed by atoms with Crippen LogP contribution in [-0.2, 0) is 22.4 Å². The van der Waals surface area contributed by atoms with Crippen LogP contribution in [0.25, 0.3) is 10.9 Å². The quantitative estimate of drug-likeness (QED) is 0.823. The molecule has 0 radical (unpaired) electrons. The van der Waals surface area contributed by atoms with Gasteiger partial charge in [-0.2, -0.15) is 0 Å². The Bertz CT molecular complexity index is 889. The van der Waals surface area contributed by atoms with Gasteiger partial charge in [0, 0.05) is 17.1 Å². The van der Waals surface area contributed by atoms with Crippen molar-refractivity contribution < 1.29 is 14.3 Å². The molecule has 2 aliphatic rings. The number of nitrogens with one attached hydrogen (secondary N) is 1. The number of pyridine rings is 1. The number of rotatable bonds is 5. The zero-order chi connectivity index (χ0) is 19.0. The van der Waals surface area contributed by atoms with Gasteiger partial charge in [0.2, 0.25) is 0 Å². The molecule has 1 aromatic carbocycles. The molecular weight excluding hydrogens is 340 g/mol. The fourth-order valence-corrected chi connectivity index (χ4v) is 4.01. The first-order valence-electron chi connectivity index (χ1n) is 9.90. The van der Waals surface area contributed by atoms with Crippen molar-refractivity contribution in [1.82, 2.24) is 10.3 Å². The standard InChI is InChI=1S/C22H26N2O3/c1-13-7-10-19-17(11-13)21(16-5-3-4-6-18(16)24-19)22(26)27-12-20(25)23-14(2)15-8-9-15/h3-6,13-15H,7-12H2,1-2H3,(H,23,25)/t13-,14+/m0/s1. The number of para-hydroxylation sites is 1. The number of ether oxygens (including phenoxy) is 1. The van der Waals surface area contributed by atoms with Gasteiger partial charge in [0.25, 0.3) is 5.91 Å². The molecule has 142 valence electrons. The number of nitrogens with zero attached hydrogens (tertiary/aromatic N) is 1. The van der Waals surface area contributed by atoms with E-state index in [2.05, 4.69) is 12.2 Å². The molecule has 0 bridgehead atoms. The van der Waals surface area contributed by atoms with Gasteiger partial charge in [0.1, 0.15) is 0 Å². The highest BCUT2D eigenvalue weighted by Crippen LogP contribution is 2.33. The molecular formula is C22H26N2O3. The number of fused-ring (bicyclic) bond motifs is 2. The molecule has 0 saturated heterocycles. The minimum atomic E-state index is -0.423. The Morgan fingerprint density at radius 3 is 2.81 bits per heavy atom. The van der Waals surface area contributed by atoms with Crippen LogP contribution in [0.5, 0.6) is 0 Å². The second kappa shape index (κ2) is 7.29. The van der Waals surface area contributed by atoms with Gasteiger partial charge in [-0.3, -0.25) is 9.78 Å². The van der Waals surface area contributed by atoms with E-state index in [0.29, 0.717) is 17.4 Å². The average Bonchev–Trinajstić information content (AvgIpc) is 3.49. The molecule has 0 spiro atoms. The average molecular weight is 366 g/mol. The zero-order valence-corrected chi connectivity index (χ0v) is 16.0. The maximum Gasteiger partial charge on any atom is 0.339 e. The summed E-state index contributed by atoms with van der Waals surface area (Å²) in [7, 11) is 0. The normalized spacial score (nSPS) is 20.0. The molecule has 5 nitrogen and oxygen atoms in total. The Morgan fingerprint density at radius 2 is 2.04 bits per heavy atom. The lowest BCUT2D eigenvalue weighted by Crippen LogP contribution is -2.37. The summed E-state index contributed by atoms with van der Waals surface area (Å²) in [5.41, 5.74) is 3.38. The zero-order valence-electron chi connectivity index (χ0n) is 16.0. The lowest BCUT2D eigenvalue weighted by atomic mass is 9.84. The lowest BCUT2D eigenvalue weighted by molar-refractivity contribution is -0.124. The van der Waals surface area contributed by atoms with E-state index in [1.54, 1.807) is 0 Å². The van der Waals surface area contributed by atoms with Crippen LogP contribution in [-0.4, -0.2) is 29.5 Å². The smallest absolute Gasteiger partial charge is 0.339 e. The van der Waals surface area contributed by atoms with E-state index in [1.165, 1.54) is 0 Å². The molecule has 1 heterocycles. The van der Waals surface area contributed by atoms with Crippen LogP contribution < -0.4 is 5.32 Å². The Hall–Kier alpha value is -2.43. The highest BCUT2D eigenvalue weighted by Gasteiger charge is 2.30. The molecule has 5 heteroatoms. The Kier molecular flexibility index (Phi) is 4.85. The number of hydrogen-bond donors (Lipinski definition) is 1. The Labute approximate surface area is 159 Å². The highest BCUT2D eigenvalue weighted by molar-refractivity contribution is 6.05. The fourth-order valence-electron chi connectivity index (χ4n) is 4.01. The van der Waals surface area contributed by atoms with Gasteiger partial charge in [0.05, 0.1) is 11.1 Å². The Balaban J connectivity index is 1.57. The number of hydrogen-bond acceptors (Lipinski definition) is 4. The molecule has 27 heavy (non-hydrogen) atoms. The van der Waals surface area contributed by atoms with Crippen LogP contribution in [0.15, 0.2) is 24.3 Å². The topological polar surface area (TPSA) is 68.3 Å². The predicted octanol–water partition coefficient (Wildman–Crippen LogP) is 3.43. The van der Waals surface area contributed by atoms with Gasteiger partial charge in [-0.25, -0.2) is 4.79 Å². The molecule has 4 rings (SSSR count). The molecule has 2 aromatic rings. The first-order valence-corrected chi connectivity index (χ1v) is 9.90. The second-order valence-corrected chi connectivity index (χ2v) is 8.05. The van der Waals surface area contributed by atoms with Crippen molar-refractivity contribution in [2.45, 2.75) is 52.0 Å². The predicted molar refractivity (Wildman–Crippen MR) is 104 cm³/mol. The van der Waals surface area contributed by atoms with Crippen molar-refractivity contribution in [3.05, 3.63) is 41.1 Å². The third-order valence-corrected chi connectivity index (χ3v) is 5.76. The van der Waals surface area contributed by atoms with Crippen molar-refractivity contribution in [1.29, 1.82) is 0 Å². The van der Waals surface area contributed by atoms with Crippen LogP contribution in [0.4, 0.5) is 0 Å². The van der Waals surface area contributed by atoms with Gasteiger partial charge >= 0.3 is 5.97 Å². The summed E-state index contributed by atoms with van der Waals surface area (Å²) in [6.45, 7) is 3.96. The number of aryl methyl sites for hydroxylation is 1. The number of benzene rings is 1. The molecule has 1 aromatic heterocycles. The maximum absolute atomic E-state index is 12.9. The van der Waals surface area contributed by atoms with E-state index >= 15 is 0 Å². The van der Waals surface area contributed by atoms with Gasteiger partial charge in [-0.15, -0.1) is 0 Å². The second-order valence-electron chi connectivity index (χ2n) is 8.05. The lowest BCUT2D eigenvalue weighted by Gasteiger charge is -2.24. The van der Waals surface area contributed by atoms with Crippen LogP contribution in [0, 0.1) is 11.8 Å². The van der Waals surface area contributed by atoms with E-state index < -0.39 is 5.97 Å². The van der Waals surface area contributed by atoms with Gasteiger partial charge in [0.15, 0.2) is 6.61 Å². The summed E-state index contributed by atoms with van der Waals surface area (Å²) in [6.07, 6.45) is 5.10. The third kappa shape index (κ3) is 3.82. The summed E-state index contributed by atoms with van der Waals surface area (Å²) in [6, 6.07) is 7.81. The van der Waals surface area contributed by atoms with Crippen molar-refractivity contribution in [2.24, 2.45) is 11.8 Å². The summed E-state index contributed by atoms with van der Waals surface area (Å²) < 4.78 is 5.42. The number of carbonyl (C=O) groups excluding carboxylic acids is 2. The SMILES string of the molecule is C[C@H]1CCc2nc3ccccc3c(C(=O)OCC(=O)N[C@H](C)C3CC3)c2C1. The van der Waals surface area contributed by atoms with Crippen LogP contribution in [0.1, 0.15) is 54.7 Å². The summed E-state index contributed by atoms with van der Waals surface area (Å²) in [4.78, 5) is 29.8. The van der Waals surface area contributed by atoms with Crippen LogP contribution >= 0.6 is 0 Å². The van der Waals surface area contributed by atoms with Gasteiger partial charge in [-0.1, -0.05) is 25.1 Å². The summed E-state index contributed by atoms with van der Waals surface area (Å²) >= 11 is 0. The van der Waals surface area contributed by atoms with E-state index in [0.717, 1.165) is 54.3 Å².